The highest BCUT2D eigenvalue weighted by Gasteiger charge is 2.49. The van der Waals surface area contributed by atoms with E-state index in [0.29, 0.717) is 23.7 Å². The molecular formula is C17H21ClN2O4S. The van der Waals surface area contributed by atoms with Crippen LogP contribution in [0.2, 0.25) is 5.02 Å². The summed E-state index contributed by atoms with van der Waals surface area (Å²) in [6.45, 7) is 4.23. The number of halogens is 1. The van der Waals surface area contributed by atoms with Crippen molar-refractivity contribution in [2.24, 2.45) is 5.92 Å². The zero-order valence-electron chi connectivity index (χ0n) is 14.2. The van der Waals surface area contributed by atoms with E-state index in [2.05, 4.69) is 0 Å². The average molecular weight is 385 g/mol. The second-order valence-electron chi connectivity index (χ2n) is 6.88. The highest BCUT2D eigenvalue weighted by atomic mass is 35.5. The molecule has 136 valence electrons. The Morgan fingerprint density at radius 2 is 1.64 bits per heavy atom. The number of sulfone groups is 1. The van der Waals surface area contributed by atoms with E-state index in [-0.39, 0.29) is 29.2 Å². The van der Waals surface area contributed by atoms with Crippen molar-refractivity contribution in [2.45, 2.75) is 25.9 Å². The predicted octanol–water partition coefficient (Wildman–Crippen LogP) is 1.45. The maximum absolute atomic E-state index is 12.9. The first-order chi connectivity index (χ1) is 11.7. The minimum Gasteiger partial charge on any atom is -0.335 e. The fraction of sp³-hybridized carbons (Fsp3) is 0.529. The Hall–Kier alpha value is -1.60. The Kier molecular flexibility index (Phi) is 4.81. The van der Waals surface area contributed by atoms with Crippen molar-refractivity contribution in [2.75, 3.05) is 24.6 Å². The molecule has 0 spiro atoms. The molecule has 2 aliphatic heterocycles. The number of piperazine rings is 1. The van der Waals surface area contributed by atoms with E-state index in [1.807, 2.05) is 0 Å². The van der Waals surface area contributed by atoms with Crippen LogP contribution in [-0.2, 0) is 14.6 Å². The second-order valence-corrected chi connectivity index (χ2v) is 9.44. The van der Waals surface area contributed by atoms with E-state index in [1.54, 1.807) is 47.9 Å². The van der Waals surface area contributed by atoms with Crippen molar-refractivity contribution in [3.05, 3.63) is 34.9 Å². The zero-order chi connectivity index (χ0) is 18.4. The van der Waals surface area contributed by atoms with E-state index >= 15 is 0 Å². The molecule has 0 radical (unpaired) electrons. The first-order valence-corrected chi connectivity index (χ1v) is 10.5. The highest BCUT2D eigenvalue weighted by Crippen LogP contribution is 2.30. The molecule has 2 fully saturated rings. The molecule has 0 unspecified atom stereocenters. The molecule has 0 aromatic heterocycles. The summed E-state index contributed by atoms with van der Waals surface area (Å²) in [5.74, 6) is -0.779. The lowest BCUT2D eigenvalue weighted by Crippen LogP contribution is -2.62. The van der Waals surface area contributed by atoms with Crippen LogP contribution < -0.4 is 0 Å². The van der Waals surface area contributed by atoms with Crippen molar-refractivity contribution in [3.63, 3.8) is 0 Å². The summed E-state index contributed by atoms with van der Waals surface area (Å²) in [7, 11) is -3.30. The zero-order valence-corrected chi connectivity index (χ0v) is 15.8. The van der Waals surface area contributed by atoms with Gasteiger partial charge in [-0.2, -0.15) is 0 Å². The number of rotatable bonds is 2. The summed E-state index contributed by atoms with van der Waals surface area (Å²) < 4.78 is 24.4. The third-order valence-electron chi connectivity index (χ3n) is 4.82. The van der Waals surface area contributed by atoms with E-state index in [4.69, 9.17) is 11.6 Å². The van der Waals surface area contributed by atoms with Gasteiger partial charge in [-0.1, -0.05) is 37.6 Å². The smallest absolute Gasteiger partial charge is 0.255 e. The lowest BCUT2D eigenvalue weighted by Gasteiger charge is -2.44. The third-order valence-corrected chi connectivity index (χ3v) is 6.85. The predicted molar refractivity (Wildman–Crippen MR) is 95.3 cm³/mol. The van der Waals surface area contributed by atoms with Crippen molar-refractivity contribution >= 4 is 33.3 Å². The molecule has 8 heteroatoms. The minimum atomic E-state index is -3.30. The van der Waals surface area contributed by atoms with Gasteiger partial charge in [-0.3, -0.25) is 9.59 Å². The van der Waals surface area contributed by atoms with Gasteiger partial charge in [0.25, 0.3) is 5.91 Å². The van der Waals surface area contributed by atoms with Crippen molar-refractivity contribution in [3.8, 4) is 0 Å². The highest BCUT2D eigenvalue weighted by molar-refractivity contribution is 7.91. The number of nitrogens with zero attached hydrogens (tertiary/aromatic N) is 2. The van der Waals surface area contributed by atoms with Crippen LogP contribution >= 0.6 is 11.6 Å². The Bertz CT molecular complexity index is 809. The van der Waals surface area contributed by atoms with E-state index in [0.717, 1.165) is 0 Å². The largest absolute Gasteiger partial charge is 0.335 e. The topological polar surface area (TPSA) is 74.8 Å². The number of hydrogen-bond donors (Lipinski definition) is 0. The maximum atomic E-state index is 12.9. The summed E-state index contributed by atoms with van der Waals surface area (Å²) in [6.07, 6.45) is 0. The van der Waals surface area contributed by atoms with Gasteiger partial charge in [0, 0.05) is 19.0 Å². The molecule has 0 N–H and O–H groups in total. The first kappa shape index (κ1) is 18.2. The maximum Gasteiger partial charge on any atom is 0.255 e. The van der Waals surface area contributed by atoms with Gasteiger partial charge < -0.3 is 9.80 Å². The molecule has 2 atom stereocenters. The van der Waals surface area contributed by atoms with Crippen LogP contribution in [0.15, 0.2) is 24.3 Å². The van der Waals surface area contributed by atoms with Gasteiger partial charge in [-0.15, -0.1) is 0 Å². The monoisotopic (exact) mass is 384 g/mol. The lowest BCUT2D eigenvalue weighted by molar-refractivity contribution is -0.139. The lowest BCUT2D eigenvalue weighted by atomic mass is 10.0. The summed E-state index contributed by atoms with van der Waals surface area (Å²) in [6, 6.07) is 5.72. The van der Waals surface area contributed by atoms with Gasteiger partial charge in [0.15, 0.2) is 9.84 Å². The number of fused-ring (bicyclic) bond motifs is 1. The molecule has 2 amide bonds. The standard InChI is InChI=1S/C17H21ClN2O4S/c1-11(2)16(21)19-7-8-20(15-10-25(23,24)9-14(15)19)17(22)12-5-3-4-6-13(12)18/h3-6,11,14-15H,7-10H2,1-2H3/t14-,15+/m1/s1. The molecule has 1 aromatic rings. The number of carbonyl (C=O) groups is 2. The number of carbonyl (C=O) groups excluding carboxylic acids is 2. The van der Waals surface area contributed by atoms with Crippen molar-refractivity contribution in [1.29, 1.82) is 0 Å². The van der Waals surface area contributed by atoms with E-state index in [9.17, 15) is 18.0 Å². The number of hydrogen-bond acceptors (Lipinski definition) is 4. The molecule has 2 heterocycles. The Labute approximate surface area is 152 Å². The molecule has 2 aliphatic rings. The van der Waals surface area contributed by atoms with Crippen LogP contribution in [0, 0.1) is 5.92 Å². The molecular weight excluding hydrogens is 364 g/mol. The SMILES string of the molecule is CC(C)C(=O)N1CCN(C(=O)c2ccccc2Cl)[C@H]2CS(=O)(=O)C[C@H]21. The molecule has 0 aliphatic carbocycles. The summed E-state index contributed by atoms with van der Waals surface area (Å²) >= 11 is 6.13. The fourth-order valence-electron chi connectivity index (χ4n) is 3.60. The summed E-state index contributed by atoms with van der Waals surface area (Å²) in [5, 5.41) is 0.339. The quantitative estimate of drug-likeness (QED) is 0.773. The Balaban J connectivity index is 1.93. The van der Waals surface area contributed by atoms with Crippen LogP contribution in [0.1, 0.15) is 24.2 Å². The fourth-order valence-corrected chi connectivity index (χ4v) is 5.80. The first-order valence-electron chi connectivity index (χ1n) is 8.27. The molecule has 3 rings (SSSR count). The van der Waals surface area contributed by atoms with Gasteiger partial charge in [0.2, 0.25) is 5.91 Å². The van der Waals surface area contributed by atoms with Gasteiger partial charge in [-0.25, -0.2) is 8.42 Å². The van der Waals surface area contributed by atoms with Crippen LogP contribution in [0.3, 0.4) is 0 Å². The van der Waals surface area contributed by atoms with Gasteiger partial charge in [-0.05, 0) is 12.1 Å². The Morgan fingerprint density at radius 3 is 2.24 bits per heavy atom. The van der Waals surface area contributed by atoms with E-state index < -0.39 is 21.9 Å². The third kappa shape index (κ3) is 3.40. The minimum absolute atomic E-state index is 0.0723. The van der Waals surface area contributed by atoms with Crippen molar-refractivity contribution in [1.82, 2.24) is 9.80 Å². The van der Waals surface area contributed by atoms with Crippen LogP contribution in [-0.4, -0.2) is 66.7 Å². The van der Waals surface area contributed by atoms with Crippen LogP contribution in [0.5, 0.6) is 0 Å². The normalized spacial score (nSPS) is 25.1. The number of benzene rings is 1. The molecule has 0 saturated carbocycles. The average Bonchev–Trinajstić information content (AvgIpc) is 2.87. The molecule has 2 saturated heterocycles. The molecule has 0 bridgehead atoms. The van der Waals surface area contributed by atoms with Gasteiger partial charge >= 0.3 is 0 Å². The molecule has 1 aromatic carbocycles. The van der Waals surface area contributed by atoms with Gasteiger partial charge in [0.1, 0.15) is 0 Å². The van der Waals surface area contributed by atoms with Crippen LogP contribution in [0.4, 0.5) is 0 Å². The van der Waals surface area contributed by atoms with Crippen molar-refractivity contribution < 1.29 is 18.0 Å². The van der Waals surface area contributed by atoms with Gasteiger partial charge in [0.05, 0.1) is 34.2 Å². The second kappa shape index (κ2) is 6.61. The molecule has 25 heavy (non-hydrogen) atoms. The molecule has 6 nitrogen and oxygen atoms in total. The Morgan fingerprint density at radius 1 is 1.08 bits per heavy atom. The van der Waals surface area contributed by atoms with Crippen LogP contribution in [0.25, 0.3) is 0 Å². The number of amides is 2. The van der Waals surface area contributed by atoms with E-state index in [1.165, 1.54) is 0 Å². The summed E-state index contributed by atoms with van der Waals surface area (Å²) in [5.41, 5.74) is 0.357. The summed E-state index contributed by atoms with van der Waals surface area (Å²) in [4.78, 5) is 28.6.